The number of aryl methyl sites for hydroxylation is 2. The second-order valence-corrected chi connectivity index (χ2v) is 8.42. The van der Waals surface area contributed by atoms with Gasteiger partial charge in [-0.05, 0) is 49.4 Å². The van der Waals surface area contributed by atoms with Crippen LogP contribution in [0.1, 0.15) is 49.7 Å². The van der Waals surface area contributed by atoms with E-state index < -0.39 is 15.9 Å². The van der Waals surface area contributed by atoms with Crippen molar-refractivity contribution in [1.29, 1.82) is 0 Å². The molecule has 138 valence electrons. The van der Waals surface area contributed by atoms with Gasteiger partial charge >= 0.3 is 0 Å². The lowest BCUT2D eigenvalue weighted by atomic mass is 10.0. The van der Waals surface area contributed by atoms with Crippen molar-refractivity contribution in [3.63, 3.8) is 0 Å². The molecule has 1 aromatic rings. The summed E-state index contributed by atoms with van der Waals surface area (Å²) in [5, 5.41) is 2.49. The van der Waals surface area contributed by atoms with Gasteiger partial charge in [-0.2, -0.15) is 0 Å². The van der Waals surface area contributed by atoms with E-state index in [9.17, 15) is 18.0 Å². The first-order valence-electron chi connectivity index (χ1n) is 8.67. The molecule has 0 aliphatic heterocycles. The van der Waals surface area contributed by atoms with Crippen LogP contribution < -0.4 is 10.0 Å². The lowest BCUT2D eigenvalue weighted by molar-refractivity contribution is -0.125. The molecule has 25 heavy (non-hydrogen) atoms. The zero-order valence-corrected chi connectivity index (χ0v) is 15.6. The van der Waals surface area contributed by atoms with Gasteiger partial charge in [0.2, 0.25) is 5.91 Å². The molecular weight excluding hydrogens is 340 g/mol. The number of hydrogen-bond acceptors (Lipinski definition) is 4. The lowest BCUT2D eigenvalue weighted by Gasteiger charge is -2.10. The number of benzene rings is 1. The molecule has 1 aromatic carbocycles. The molecule has 0 aromatic heterocycles. The third-order valence-corrected chi connectivity index (χ3v) is 6.11. The average Bonchev–Trinajstić information content (AvgIpc) is 3.06. The highest BCUT2D eigenvalue weighted by Gasteiger charge is 2.19. The van der Waals surface area contributed by atoms with E-state index in [1.807, 2.05) is 11.6 Å². The smallest absolute Gasteiger partial charge is 0.264 e. The van der Waals surface area contributed by atoms with Crippen LogP contribution in [0, 0.1) is 19.8 Å². The number of carbonyl (C=O) groups is 2. The van der Waals surface area contributed by atoms with Crippen LogP contribution in [-0.4, -0.2) is 26.8 Å². The maximum Gasteiger partial charge on any atom is 0.264 e. The van der Waals surface area contributed by atoms with E-state index in [1.54, 1.807) is 13.0 Å². The Bertz CT molecular complexity index is 737. The zero-order chi connectivity index (χ0) is 18.4. The van der Waals surface area contributed by atoms with Crippen molar-refractivity contribution in [2.24, 2.45) is 5.92 Å². The Labute approximate surface area is 149 Å². The van der Waals surface area contributed by atoms with E-state index in [0.717, 1.165) is 17.5 Å². The summed E-state index contributed by atoms with van der Waals surface area (Å²) in [5.41, 5.74) is 1.80. The monoisotopic (exact) mass is 366 g/mol. The first-order valence-corrected chi connectivity index (χ1v) is 10.2. The normalized spacial score (nSPS) is 15.1. The molecule has 0 spiro atoms. The van der Waals surface area contributed by atoms with Crippen molar-refractivity contribution in [3.05, 3.63) is 29.3 Å². The molecule has 2 amide bonds. The van der Waals surface area contributed by atoms with Gasteiger partial charge in [-0.3, -0.25) is 9.59 Å². The molecule has 1 saturated carbocycles. The summed E-state index contributed by atoms with van der Waals surface area (Å²) in [7, 11) is -3.92. The Hall–Kier alpha value is -1.89. The summed E-state index contributed by atoms with van der Waals surface area (Å²) in [6.07, 6.45) is 6.00. The third kappa shape index (κ3) is 5.85. The minimum atomic E-state index is -3.92. The van der Waals surface area contributed by atoms with Crippen LogP contribution in [0.2, 0.25) is 0 Å². The lowest BCUT2D eigenvalue weighted by Crippen LogP contribution is -2.39. The summed E-state index contributed by atoms with van der Waals surface area (Å²) >= 11 is 0. The molecule has 0 saturated heterocycles. The molecule has 6 nitrogen and oxygen atoms in total. The van der Waals surface area contributed by atoms with Gasteiger partial charge in [0, 0.05) is 6.42 Å². The minimum absolute atomic E-state index is 0.0384. The molecule has 0 heterocycles. The van der Waals surface area contributed by atoms with Crippen molar-refractivity contribution in [1.82, 2.24) is 10.0 Å². The number of sulfonamides is 1. The highest BCUT2D eigenvalue weighted by molar-refractivity contribution is 7.90. The average molecular weight is 366 g/mol. The topological polar surface area (TPSA) is 92.3 Å². The fourth-order valence-electron chi connectivity index (χ4n) is 3.03. The van der Waals surface area contributed by atoms with Gasteiger partial charge in [-0.25, -0.2) is 13.1 Å². The molecule has 0 radical (unpaired) electrons. The summed E-state index contributed by atoms with van der Waals surface area (Å²) in [6, 6.07) is 4.67. The Balaban J connectivity index is 1.80. The van der Waals surface area contributed by atoms with Crippen LogP contribution in [0.3, 0.4) is 0 Å². The molecule has 2 N–H and O–H groups in total. The molecule has 1 fully saturated rings. The molecule has 2 rings (SSSR count). The fourth-order valence-corrected chi connectivity index (χ4v) is 4.10. The highest BCUT2D eigenvalue weighted by atomic mass is 32.2. The molecule has 0 unspecified atom stereocenters. The van der Waals surface area contributed by atoms with E-state index in [4.69, 9.17) is 0 Å². The van der Waals surface area contributed by atoms with Crippen LogP contribution in [-0.2, 0) is 19.6 Å². The molecule has 0 atom stereocenters. The number of hydrogen-bond donors (Lipinski definition) is 2. The first kappa shape index (κ1) is 19.4. The van der Waals surface area contributed by atoms with Crippen LogP contribution in [0.25, 0.3) is 0 Å². The van der Waals surface area contributed by atoms with Gasteiger partial charge in [0.15, 0.2) is 0 Å². The summed E-state index contributed by atoms with van der Waals surface area (Å²) in [5.74, 6) is -0.359. The standard InChI is InChI=1S/C18H26N2O4S/c1-13-7-9-16(11-14(13)2)25(23,24)20-18(22)12-19-17(21)10-8-15-5-3-4-6-15/h7,9,11,15H,3-6,8,10,12H2,1-2H3,(H,19,21)(H,20,22). The summed E-state index contributed by atoms with van der Waals surface area (Å²) in [6.45, 7) is 3.35. The quantitative estimate of drug-likeness (QED) is 0.774. The number of amides is 2. The molecule has 0 bridgehead atoms. The van der Waals surface area contributed by atoms with Crippen molar-refractivity contribution < 1.29 is 18.0 Å². The van der Waals surface area contributed by atoms with Gasteiger partial charge in [0.05, 0.1) is 11.4 Å². The molecule has 1 aliphatic carbocycles. The Kier molecular flexibility index (Phi) is 6.58. The molecule has 1 aliphatic rings. The fraction of sp³-hybridized carbons (Fsp3) is 0.556. The minimum Gasteiger partial charge on any atom is -0.347 e. The van der Waals surface area contributed by atoms with Crippen molar-refractivity contribution in [3.8, 4) is 0 Å². The predicted molar refractivity (Wildman–Crippen MR) is 95.4 cm³/mol. The third-order valence-electron chi connectivity index (χ3n) is 4.74. The van der Waals surface area contributed by atoms with Gasteiger partial charge in [0.25, 0.3) is 15.9 Å². The van der Waals surface area contributed by atoms with E-state index >= 15 is 0 Å². The van der Waals surface area contributed by atoms with E-state index in [2.05, 4.69) is 5.32 Å². The van der Waals surface area contributed by atoms with E-state index in [-0.39, 0.29) is 17.3 Å². The SMILES string of the molecule is Cc1ccc(S(=O)(=O)NC(=O)CNC(=O)CCC2CCCC2)cc1C. The van der Waals surface area contributed by atoms with E-state index in [1.165, 1.54) is 37.8 Å². The maximum absolute atomic E-state index is 12.2. The predicted octanol–water partition coefficient (Wildman–Crippen LogP) is 2.19. The summed E-state index contributed by atoms with van der Waals surface area (Å²) < 4.78 is 26.4. The van der Waals surface area contributed by atoms with Crippen molar-refractivity contribution >= 4 is 21.8 Å². The van der Waals surface area contributed by atoms with Crippen molar-refractivity contribution in [2.45, 2.75) is 57.3 Å². The van der Waals surface area contributed by atoms with Crippen molar-refractivity contribution in [2.75, 3.05) is 6.54 Å². The van der Waals surface area contributed by atoms with Crippen LogP contribution in [0.4, 0.5) is 0 Å². The second kappa shape index (κ2) is 8.47. The van der Waals surface area contributed by atoms with Gasteiger partial charge in [-0.15, -0.1) is 0 Å². The largest absolute Gasteiger partial charge is 0.347 e. The highest BCUT2D eigenvalue weighted by Crippen LogP contribution is 2.28. The number of carbonyl (C=O) groups excluding carboxylic acids is 2. The summed E-state index contributed by atoms with van der Waals surface area (Å²) in [4.78, 5) is 23.7. The van der Waals surface area contributed by atoms with Crippen LogP contribution in [0.15, 0.2) is 23.1 Å². The second-order valence-electron chi connectivity index (χ2n) is 6.74. The van der Waals surface area contributed by atoms with Crippen LogP contribution in [0.5, 0.6) is 0 Å². The van der Waals surface area contributed by atoms with Crippen LogP contribution >= 0.6 is 0 Å². The number of nitrogens with one attached hydrogen (secondary N) is 2. The Morgan fingerprint density at radius 1 is 1.08 bits per heavy atom. The Morgan fingerprint density at radius 2 is 1.76 bits per heavy atom. The number of rotatable bonds is 7. The molecule has 7 heteroatoms. The maximum atomic E-state index is 12.2. The first-order chi connectivity index (χ1) is 11.8. The Morgan fingerprint density at radius 3 is 2.40 bits per heavy atom. The van der Waals surface area contributed by atoms with Gasteiger partial charge in [0.1, 0.15) is 0 Å². The zero-order valence-electron chi connectivity index (χ0n) is 14.8. The van der Waals surface area contributed by atoms with E-state index in [0.29, 0.717) is 12.3 Å². The van der Waals surface area contributed by atoms with Gasteiger partial charge < -0.3 is 5.32 Å². The molecular formula is C18H26N2O4S. The van der Waals surface area contributed by atoms with Gasteiger partial charge in [-0.1, -0.05) is 31.7 Å².